The number of nitrogens with zero attached hydrogens (tertiary/aromatic N) is 1. The highest BCUT2D eigenvalue weighted by atomic mass is 32.2. The molecule has 0 aliphatic carbocycles. The molecule has 0 aromatic heterocycles. The largest absolute Gasteiger partial charge is 0.497 e. The lowest BCUT2D eigenvalue weighted by molar-refractivity contribution is 0.0950. The van der Waals surface area contributed by atoms with Crippen LogP contribution in [-0.2, 0) is 16.6 Å². The summed E-state index contributed by atoms with van der Waals surface area (Å²) in [6.07, 6.45) is 0. The molecule has 1 amide bonds. The molecule has 0 fully saturated rings. The van der Waals surface area contributed by atoms with Crippen molar-refractivity contribution < 1.29 is 22.7 Å². The van der Waals surface area contributed by atoms with Crippen molar-refractivity contribution in [2.24, 2.45) is 0 Å². The van der Waals surface area contributed by atoms with E-state index in [1.807, 2.05) is 0 Å². The van der Waals surface area contributed by atoms with Crippen LogP contribution in [0.1, 0.15) is 15.9 Å². The van der Waals surface area contributed by atoms with E-state index in [9.17, 15) is 13.2 Å². The van der Waals surface area contributed by atoms with E-state index in [1.54, 1.807) is 30.3 Å². The van der Waals surface area contributed by atoms with Gasteiger partial charge in [-0.25, -0.2) is 12.7 Å². The third-order valence-corrected chi connectivity index (χ3v) is 5.60. The molecular formula is C18H22N2O5S. The van der Waals surface area contributed by atoms with Gasteiger partial charge in [0.2, 0.25) is 10.0 Å². The summed E-state index contributed by atoms with van der Waals surface area (Å²) >= 11 is 0. The molecule has 0 saturated carbocycles. The van der Waals surface area contributed by atoms with Gasteiger partial charge in [-0.1, -0.05) is 12.1 Å². The minimum atomic E-state index is -3.47. The van der Waals surface area contributed by atoms with E-state index in [0.29, 0.717) is 17.1 Å². The molecule has 0 saturated heterocycles. The van der Waals surface area contributed by atoms with Gasteiger partial charge in [-0.15, -0.1) is 0 Å². The molecule has 0 atom stereocenters. The number of carbonyl (C=O) groups is 1. The Labute approximate surface area is 153 Å². The Morgan fingerprint density at radius 1 is 1.00 bits per heavy atom. The third kappa shape index (κ3) is 4.53. The van der Waals surface area contributed by atoms with Crippen molar-refractivity contribution in [2.75, 3.05) is 28.3 Å². The Bertz CT molecular complexity index is 855. The standard InChI is InChI=1S/C18H22N2O5S/c1-20(2)26(22,23)17-7-5-13(6-8-17)12-19-18(21)14-9-15(24-3)11-16(10-14)25-4/h5-11H,12H2,1-4H3,(H,19,21). The molecule has 0 spiro atoms. The molecule has 8 heteroatoms. The van der Waals surface area contributed by atoms with Crippen LogP contribution in [0.15, 0.2) is 47.4 Å². The number of nitrogens with one attached hydrogen (secondary N) is 1. The first-order chi connectivity index (χ1) is 12.3. The Morgan fingerprint density at radius 2 is 1.54 bits per heavy atom. The molecule has 26 heavy (non-hydrogen) atoms. The number of amides is 1. The van der Waals surface area contributed by atoms with E-state index in [4.69, 9.17) is 9.47 Å². The van der Waals surface area contributed by atoms with Gasteiger partial charge in [0.05, 0.1) is 19.1 Å². The molecule has 0 radical (unpaired) electrons. The minimum Gasteiger partial charge on any atom is -0.497 e. The van der Waals surface area contributed by atoms with Crippen molar-refractivity contribution in [2.45, 2.75) is 11.4 Å². The highest BCUT2D eigenvalue weighted by Gasteiger charge is 2.16. The lowest BCUT2D eigenvalue weighted by Crippen LogP contribution is -2.23. The maximum absolute atomic E-state index is 12.3. The summed E-state index contributed by atoms with van der Waals surface area (Å²) in [6.45, 7) is 0.265. The lowest BCUT2D eigenvalue weighted by Gasteiger charge is -2.12. The van der Waals surface area contributed by atoms with Crippen molar-refractivity contribution in [1.29, 1.82) is 0 Å². The van der Waals surface area contributed by atoms with Crippen molar-refractivity contribution in [1.82, 2.24) is 9.62 Å². The second-order valence-corrected chi connectivity index (χ2v) is 7.87. The first-order valence-corrected chi connectivity index (χ1v) is 9.24. The fourth-order valence-electron chi connectivity index (χ4n) is 2.21. The Hall–Kier alpha value is -2.58. The molecular weight excluding hydrogens is 356 g/mol. The van der Waals surface area contributed by atoms with E-state index in [2.05, 4.69) is 5.32 Å². The van der Waals surface area contributed by atoms with Gasteiger partial charge in [-0.05, 0) is 29.8 Å². The third-order valence-electron chi connectivity index (χ3n) is 3.77. The zero-order valence-electron chi connectivity index (χ0n) is 15.1. The highest BCUT2D eigenvalue weighted by Crippen LogP contribution is 2.22. The molecule has 0 aliphatic rings. The predicted molar refractivity (Wildman–Crippen MR) is 98.0 cm³/mol. The van der Waals surface area contributed by atoms with Gasteiger partial charge in [0.25, 0.3) is 5.91 Å². The van der Waals surface area contributed by atoms with Crippen LogP contribution in [0.5, 0.6) is 11.5 Å². The van der Waals surface area contributed by atoms with Crippen molar-refractivity contribution >= 4 is 15.9 Å². The maximum atomic E-state index is 12.3. The van der Waals surface area contributed by atoms with Crippen LogP contribution in [-0.4, -0.2) is 46.9 Å². The van der Waals surface area contributed by atoms with Gasteiger partial charge in [-0.3, -0.25) is 4.79 Å². The quantitative estimate of drug-likeness (QED) is 0.795. The summed E-state index contributed by atoms with van der Waals surface area (Å²) in [5, 5.41) is 2.79. The normalized spacial score (nSPS) is 11.3. The van der Waals surface area contributed by atoms with E-state index in [0.717, 1.165) is 9.87 Å². The fourth-order valence-corrected chi connectivity index (χ4v) is 3.11. The van der Waals surface area contributed by atoms with Crippen LogP contribution < -0.4 is 14.8 Å². The summed E-state index contributed by atoms with van der Waals surface area (Å²) in [5.41, 5.74) is 1.19. The minimum absolute atomic E-state index is 0.204. The summed E-state index contributed by atoms with van der Waals surface area (Å²) in [4.78, 5) is 12.5. The first kappa shape index (κ1) is 19.7. The monoisotopic (exact) mass is 378 g/mol. The van der Waals surface area contributed by atoms with Crippen molar-refractivity contribution in [3.05, 3.63) is 53.6 Å². The fraction of sp³-hybridized carbons (Fsp3) is 0.278. The Morgan fingerprint density at radius 3 is 2.00 bits per heavy atom. The molecule has 2 rings (SSSR count). The molecule has 0 aliphatic heterocycles. The van der Waals surface area contributed by atoms with E-state index >= 15 is 0 Å². The second-order valence-electron chi connectivity index (χ2n) is 5.72. The van der Waals surface area contributed by atoms with Crippen molar-refractivity contribution in [3.8, 4) is 11.5 Å². The van der Waals surface area contributed by atoms with E-state index in [1.165, 1.54) is 40.4 Å². The molecule has 140 valence electrons. The van der Waals surface area contributed by atoms with Gasteiger partial charge >= 0.3 is 0 Å². The number of methoxy groups -OCH3 is 2. The number of rotatable bonds is 7. The van der Waals surface area contributed by atoms with Gasteiger partial charge in [0.15, 0.2) is 0 Å². The average Bonchev–Trinajstić information content (AvgIpc) is 2.65. The van der Waals surface area contributed by atoms with Gasteiger partial charge in [-0.2, -0.15) is 0 Å². The summed E-state index contributed by atoms with van der Waals surface area (Å²) in [5.74, 6) is 0.757. The zero-order chi connectivity index (χ0) is 19.3. The first-order valence-electron chi connectivity index (χ1n) is 7.80. The summed E-state index contributed by atoms with van der Waals surface area (Å²) < 4.78 is 35.6. The van der Waals surface area contributed by atoms with Crippen LogP contribution in [0.25, 0.3) is 0 Å². The molecule has 1 N–H and O–H groups in total. The molecule has 2 aromatic carbocycles. The van der Waals surface area contributed by atoms with Crippen LogP contribution in [0.3, 0.4) is 0 Å². The Balaban J connectivity index is 2.08. The number of ether oxygens (including phenoxy) is 2. The van der Waals surface area contributed by atoms with Crippen LogP contribution in [0.2, 0.25) is 0 Å². The average molecular weight is 378 g/mol. The highest BCUT2D eigenvalue weighted by molar-refractivity contribution is 7.89. The van der Waals surface area contributed by atoms with E-state index < -0.39 is 10.0 Å². The second kappa shape index (κ2) is 8.20. The van der Waals surface area contributed by atoms with Gasteiger partial charge in [0, 0.05) is 32.3 Å². The maximum Gasteiger partial charge on any atom is 0.251 e. The number of hydrogen-bond acceptors (Lipinski definition) is 5. The number of sulfonamides is 1. The van der Waals surface area contributed by atoms with E-state index in [-0.39, 0.29) is 17.3 Å². The molecule has 0 unspecified atom stereocenters. The molecule has 2 aromatic rings. The predicted octanol–water partition coefficient (Wildman–Crippen LogP) is 1.88. The molecule has 0 bridgehead atoms. The van der Waals surface area contributed by atoms with Crippen LogP contribution in [0.4, 0.5) is 0 Å². The summed E-state index contributed by atoms with van der Waals surface area (Å²) in [7, 11) is 2.52. The number of benzene rings is 2. The smallest absolute Gasteiger partial charge is 0.251 e. The molecule has 0 heterocycles. The number of carbonyl (C=O) groups excluding carboxylic acids is 1. The lowest BCUT2D eigenvalue weighted by atomic mass is 10.1. The summed E-state index contributed by atoms with van der Waals surface area (Å²) in [6, 6.07) is 11.3. The molecule has 7 nitrogen and oxygen atoms in total. The zero-order valence-corrected chi connectivity index (χ0v) is 16.0. The van der Waals surface area contributed by atoms with Crippen LogP contribution >= 0.6 is 0 Å². The number of hydrogen-bond donors (Lipinski definition) is 1. The van der Waals surface area contributed by atoms with Crippen molar-refractivity contribution in [3.63, 3.8) is 0 Å². The van der Waals surface area contributed by atoms with Gasteiger partial charge in [0.1, 0.15) is 11.5 Å². The Kier molecular flexibility index (Phi) is 6.23. The topological polar surface area (TPSA) is 84.9 Å². The SMILES string of the molecule is COc1cc(OC)cc(C(=O)NCc2ccc(S(=O)(=O)N(C)C)cc2)c1. The van der Waals surface area contributed by atoms with Gasteiger partial charge < -0.3 is 14.8 Å². The van der Waals surface area contributed by atoms with Crippen LogP contribution in [0, 0.1) is 0 Å².